The van der Waals surface area contributed by atoms with Crippen LogP contribution in [-0.2, 0) is 13.2 Å². The number of carbonyl (C=O) groups is 1. The minimum Gasteiger partial charge on any atom is -0.489 e. The maximum Gasteiger partial charge on any atom is 0.252 e. The Morgan fingerprint density at radius 3 is 2.35 bits per heavy atom. The molecule has 0 radical (unpaired) electrons. The van der Waals surface area contributed by atoms with Crippen molar-refractivity contribution in [3.8, 4) is 5.75 Å². The van der Waals surface area contributed by atoms with E-state index in [2.05, 4.69) is 21.2 Å². The van der Waals surface area contributed by atoms with Crippen LogP contribution in [0.1, 0.15) is 21.5 Å². The van der Waals surface area contributed by atoms with E-state index in [1.807, 2.05) is 54.6 Å². The van der Waals surface area contributed by atoms with Crippen molar-refractivity contribution in [1.82, 2.24) is 5.32 Å². The quantitative estimate of drug-likeness (QED) is 0.610. The van der Waals surface area contributed by atoms with Gasteiger partial charge in [0, 0.05) is 11.0 Å². The number of hydrogen-bond acceptors (Lipinski definition) is 2. The van der Waals surface area contributed by atoms with Gasteiger partial charge in [0.25, 0.3) is 5.91 Å². The van der Waals surface area contributed by atoms with Crippen molar-refractivity contribution < 1.29 is 13.9 Å². The van der Waals surface area contributed by atoms with E-state index in [0.29, 0.717) is 23.2 Å². The van der Waals surface area contributed by atoms with Crippen LogP contribution >= 0.6 is 15.9 Å². The van der Waals surface area contributed by atoms with Gasteiger partial charge in [0.15, 0.2) is 0 Å². The highest BCUT2D eigenvalue weighted by molar-refractivity contribution is 9.10. The summed E-state index contributed by atoms with van der Waals surface area (Å²) in [6.07, 6.45) is 0. The van der Waals surface area contributed by atoms with Crippen molar-refractivity contribution in [2.45, 2.75) is 13.2 Å². The molecule has 3 aromatic rings. The first-order valence-corrected chi connectivity index (χ1v) is 8.90. The number of benzene rings is 3. The first-order chi connectivity index (χ1) is 12.6. The highest BCUT2D eigenvalue weighted by Gasteiger charge is 2.10. The second-order valence-corrected chi connectivity index (χ2v) is 6.58. The average Bonchev–Trinajstić information content (AvgIpc) is 2.66. The molecule has 26 heavy (non-hydrogen) atoms. The molecule has 0 saturated heterocycles. The summed E-state index contributed by atoms with van der Waals surface area (Å²) in [6.45, 7) is 0.877. The fourth-order valence-corrected chi connectivity index (χ4v) is 2.92. The molecule has 0 aliphatic heterocycles. The Morgan fingerprint density at radius 2 is 1.65 bits per heavy atom. The molecule has 0 heterocycles. The Hall–Kier alpha value is -2.66. The molecule has 0 aromatic heterocycles. The highest BCUT2D eigenvalue weighted by atomic mass is 79.9. The van der Waals surface area contributed by atoms with Crippen LogP contribution in [0, 0.1) is 5.82 Å². The smallest absolute Gasteiger partial charge is 0.252 e. The summed E-state index contributed by atoms with van der Waals surface area (Å²) >= 11 is 3.21. The number of carbonyl (C=O) groups excluding carboxylic acids is 1. The van der Waals surface area contributed by atoms with Gasteiger partial charge in [-0.25, -0.2) is 4.39 Å². The van der Waals surface area contributed by atoms with E-state index in [9.17, 15) is 9.18 Å². The van der Waals surface area contributed by atoms with Gasteiger partial charge in [-0.05, 0) is 57.4 Å². The van der Waals surface area contributed by atoms with Crippen LogP contribution in [0.4, 0.5) is 4.39 Å². The van der Waals surface area contributed by atoms with Crippen molar-refractivity contribution in [3.05, 3.63) is 99.8 Å². The van der Waals surface area contributed by atoms with Crippen LogP contribution in [0.2, 0.25) is 0 Å². The summed E-state index contributed by atoms with van der Waals surface area (Å²) in [5.41, 5.74) is 2.42. The first-order valence-electron chi connectivity index (χ1n) is 8.11. The molecule has 1 N–H and O–H groups in total. The fourth-order valence-electron chi connectivity index (χ4n) is 2.39. The van der Waals surface area contributed by atoms with Crippen LogP contribution in [0.5, 0.6) is 5.75 Å². The molecule has 0 atom stereocenters. The van der Waals surface area contributed by atoms with Crippen molar-refractivity contribution in [2.75, 3.05) is 0 Å². The Bertz CT molecular complexity index is 882. The van der Waals surface area contributed by atoms with E-state index in [0.717, 1.165) is 16.9 Å². The number of amides is 1. The van der Waals surface area contributed by atoms with E-state index in [4.69, 9.17) is 4.74 Å². The minimum atomic E-state index is -0.387. The Labute approximate surface area is 159 Å². The number of nitrogens with one attached hydrogen (secondary N) is 1. The van der Waals surface area contributed by atoms with Crippen LogP contribution in [0.25, 0.3) is 0 Å². The molecule has 0 unspecified atom stereocenters. The molecule has 0 saturated carbocycles. The summed E-state index contributed by atoms with van der Waals surface area (Å²) in [5, 5.41) is 2.83. The lowest BCUT2D eigenvalue weighted by molar-refractivity contribution is 0.0950. The summed E-state index contributed by atoms with van der Waals surface area (Å²) < 4.78 is 19.2. The van der Waals surface area contributed by atoms with Gasteiger partial charge < -0.3 is 10.1 Å². The van der Waals surface area contributed by atoms with Gasteiger partial charge in [-0.2, -0.15) is 0 Å². The Balaban J connectivity index is 1.53. The zero-order valence-corrected chi connectivity index (χ0v) is 15.5. The van der Waals surface area contributed by atoms with Gasteiger partial charge in [-0.3, -0.25) is 4.79 Å². The lowest BCUT2D eigenvalue weighted by Gasteiger charge is -2.09. The molecular weight excluding hydrogens is 397 g/mol. The van der Waals surface area contributed by atoms with E-state index in [1.54, 1.807) is 0 Å². The number of para-hydroxylation sites is 1. The van der Waals surface area contributed by atoms with E-state index in [-0.39, 0.29) is 11.7 Å². The molecule has 0 fully saturated rings. The molecule has 132 valence electrons. The third-order valence-corrected chi connectivity index (χ3v) is 4.46. The maximum absolute atomic E-state index is 13.1. The zero-order valence-electron chi connectivity index (χ0n) is 13.9. The number of halogens is 2. The van der Waals surface area contributed by atoms with E-state index < -0.39 is 0 Å². The van der Waals surface area contributed by atoms with Crippen LogP contribution in [-0.4, -0.2) is 5.91 Å². The van der Waals surface area contributed by atoms with E-state index >= 15 is 0 Å². The molecular formula is C21H17BrFNO2. The molecule has 0 aliphatic rings. The van der Waals surface area contributed by atoms with Crippen molar-refractivity contribution >= 4 is 21.8 Å². The van der Waals surface area contributed by atoms with Gasteiger partial charge >= 0.3 is 0 Å². The van der Waals surface area contributed by atoms with Crippen LogP contribution in [0.15, 0.2) is 77.3 Å². The van der Waals surface area contributed by atoms with Gasteiger partial charge in [-0.1, -0.05) is 42.5 Å². The highest BCUT2D eigenvalue weighted by Crippen LogP contribution is 2.18. The Kier molecular flexibility index (Phi) is 6.02. The topological polar surface area (TPSA) is 38.3 Å². The van der Waals surface area contributed by atoms with Crippen molar-refractivity contribution in [2.24, 2.45) is 0 Å². The summed E-state index contributed by atoms with van der Waals surface area (Å²) in [4.78, 5) is 12.2. The van der Waals surface area contributed by atoms with Crippen molar-refractivity contribution in [3.63, 3.8) is 0 Å². The fraction of sp³-hybridized carbons (Fsp3) is 0.0952. The minimum absolute atomic E-state index is 0.256. The second kappa shape index (κ2) is 8.63. The standard InChI is InChI=1S/C21H17BrFNO2/c22-20-12-17(23)10-11-19(20)21(25)24-13-15-6-8-16(9-7-15)14-26-18-4-2-1-3-5-18/h1-12H,13-14H2,(H,24,25). The molecule has 0 bridgehead atoms. The van der Waals surface area contributed by atoms with Gasteiger partial charge in [0.1, 0.15) is 18.2 Å². The lowest BCUT2D eigenvalue weighted by Crippen LogP contribution is -2.23. The maximum atomic E-state index is 13.1. The SMILES string of the molecule is O=C(NCc1ccc(COc2ccccc2)cc1)c1ccc(F)cc1Br. The molecule has 1 amide bonds. The Morgan fingerprint density at radius 1 is 0.962 bits per heavy atom. The van der Waals surface area contributed by atoms with Gasteiger partial charge in [0.05, 0.1) is 5.56 Å². The summed E-state index contributed by atoms with van der Waals surface area (Å²) in [5.74, 6) is 0.184. The molecule has 3 rings (SSSR count). The summed E-state index contributed by atoms with van der Waals surface area (Å²) in [7, 11) is 0. The zero-order chi connectivity index (χ0) is 18.4. The number of rotatable bonds is 6. The largest absolute Gasteiger partial charge is 0.489 e. The second-order valence-electron chi connectivity index (χ2n) is 5.73. The molecule has 5 heteroatoms. The van der Waals surface area contributed by atoms with Crippen LogP contribution < -0.4 is 10.1 Å². The number of hydrogen-bond donors (Lipinski definition) is 1. The van der Waals surface area contributed by atoms with Crippen LogP contribution in [0.3, 0.4) is 0 Å². The predicted octanol–water partition coefficient (Wildman–Crippen LogP) is 5.10. The molecule has 0 spiro atoms. The van der Waals surface area contributed by atoms with Crippen molar-refractivity contribution in [1.29, 1.82) is 0 Å². The van der Waals surface area contributed by atoms with Gasteiger partial charge in [-0.15, -0.1) is 0 Å². The molecule has 3 nitrogen and oxygen atoms in total. The monoisotopic (exact) mass is 413 g/mol. The lowest BCUT2D eigenvalue weighted by atomic mass is 10.1. The third-order valence-electron chi connectivity index (χ3n) is 3.80. The first kappa shape index (κ1) is 18.1. The average molecular weight is 414 g/mol. The normalized spacial score (nSPS) is 10.4. The summed E-state index contributed by atoms with van der Waals surface area (Å²) in [6, 6.07) is 21.5. The van der Waals surface area contributed by atoms with Gasteiger partial charge in [0.2, 0.25) is 0 Å². The van der Waals surface area contributed by atoms with E-state index in [1.165, 1.54) is 18.2 Å². The third kappa shape index (κ3) is 4.92. The molecule has 0 aliphatic carbocycles. The number of ether oxygens (including phenoxy) is 1. The molecule has 3 aromatic carbocycles. The predicted molar refractivity (Wildman–Crippen MR) is 102 cm³/mol.